The predicted molar refractivity (Wildman–Crippen MR) is 103 cm³/mol. The quantitative estimate of drug-likeness (QED) is 0.205. The van der Waals surface area contributed by atoms with Gasteiger partial charge in [-0.25, -0.2) is 0 Å². The van der Waals surface area contributed by atoms with E-state index < -0.39 is 10.1 Å². The molecule has 2 rings (SSSR count). The summed E-state index contributed by atoms with van der Waals surface area (Å²) in [6, 6.07) is 12.1. The van der Waals surface area contributed by atoms with Gasteiger partial charge in [-0.1, -0.05) is 48.6 Å². The van der Waals surface area contributed by atoms with Crippen LogP contribution in [0, 0.1) is 10.8 Å². The van der Waals surface area contributed by atoms with Crippen LogP contribution in [-0.2, 0) is 10.1 Å². The lowest BCUT2D eigenvalue weighted by Crippen LogP contribution is -2.10. The van der Waals surface area contributed by atoms with E-state index in [-0.39, 0.29) is 17.4 Å². The summed E-state index contributed by atoms with van der Waals surface area (Å²) in [5.74, 6) is 0.0166. The fourth-order valence-corrected chi connectivity index (χ4v) is 1.81. The second-order valence-electron chi connectivity index (χ2n) is 5.29. The number of hydrogen-bond donors (Lipinski definition) is 6. The molecule has 0 atom stereocenters. The third-order valence-electron chi connectivity index (χ3n) is 3.02. The van der Waals surface area contributed by atoms with Crippen molar-refractivity contribution in [3.05, 3.63) is 64.7 Å². The van der Waals surface area contributed by atoms with Gasteiger partial charge in [0, 0.05) is 16.7 Å². The third-order valence-corrected chi connectivity index (χ3v) is 3.02. The van der Waals surface area contributed by atoms with E-state index in [2.05, 4.69) is 0 Å². The first kappa shape index (κ1) is 20.9. The van der Waals surface area contributed by atoms with Gasteiger partial charge in [-0.15, -0.1) is 0 Å². The molecule has 138 valence electrons. The Morgan fingerprint density at radius 3 is 1.85 bits per heavy atom. The molecule has 0 aliphatic heterocycles. The van der Waals surface area contributed by atoms with Crippen molar-refractivity contribution in [3.8, 4) is 5.75 Å². The summed E-state index contributed by atoms with van der Waals surface area (Å²) in [5.41, 5.74) is 13.5. The number of nitrogens with two attached hydrogens (primary N) is 2. The Morgan fingerprint density at radius 1 is 0.962 bits per heavy atom. The fraction of sp³-hybridized carbons (Fsp3) is 0.0588. The first-order valence-electron chi connectivity index (χ1n) is 7.20. The van der Waals surface area contributed by atoms with Crippen LogP contribution in [0.5, 0.6) is 5.75 Å². The van der Waals surface area contributed by atoms with Crippen LogP contribution in [0.25, 0.3) is 12.2 Å². The maximum atomic E-state index is 9.89. The second-order valence-corrected chi connectivity index (χ2v) is 6.76. The van der Waals surface area contributed by atoms with Gasteiger partial charge in [0.1, 0.15) is 17.4 Å². The number of hydrogen-bond acceptors (Lipinski definition) is 5. The molecule has 0 amide bonds. The van der Waals surface area contributed by atoms with Crippen molar-refractivity contribution in [1.82, 2.24) is 0 Å². The van der Waals surface area contributed by atoms with Crippen molar-refractivity contribution >= 4 is 33.9 Å². The number of aromatic hydroxyl groups is 1. The van der Waals surface area contributed by atoms with Gasteiger partial charge >= 0.3 is 0 Å². The van der Waals surface area contributed by atoms with Crippen LogP contribution in [0.2, 0.25) is 0 Å². The average Bonchev–Trinajstić information content (AvgIpc) is 2.52. The summed E-state index contributed by atoms with van der Waals surface area (Å²) in [7, 11) is -3.67. The molecule has 8 N–H and O–H groups in total. The highest BCUT2D eigenvalue weighted by molar-refractivity contribution is 7.85. The topological polar surface area (TPSA) is 174 Å². The highest BCUT2D eigenvalue weighted by Gasteiger charge is 2.02. The highest BCUT2D eigenvalue weighted by atomic mass is 32.2. The molecule has 2 aromatic rings. The van der Waals surface area contributed by atoms with Crippen LogP contribution in [0.4, 0.5) is 0 Å². The molecule has 0 aliphatic carbocycles. The molecule has 0 radical (unpaired) electrons. The van der Waals surface area contributed by atoms with Crippen LogP contribution < -0.4 is 11.5 Å². The molecule has 0 aromatic heterocycles. The summed E-state index contributed by atoms with van der Waals surface area (Å²) in [6.45, 7) is 0. The molecule has 0 heterocycles. The monoisotopic (exact) mass is 376 g/mol. The lowest BCUT2D eigenvalue weighted by molar-refractivity contribution is 0.474. The lowest BCUT2D eigenvalue weighted by atomic mass is 10.1. The standard InChI is InChI=1S/C16H16N4O.CH4O3S/c17-15(18)12-5-2-10(3-6-12)1-4-11-7-8-13(16(19)20)9-14(11)21;1-5(2,3)4/h1-9,21H,(H3,17,18)(H3,19,20);1H3,(H,2,3,4). The van der Waals surface area contributed by atoms with E-state index in [1.165, 1.54) is 6.07 Å². The highest BCUT2D eigenvalue weighted by Crippen LogP contribution is 2.21. The number of rotatable bonds is 4. The van der Waals surface area contributed by atoms with Crippen LogP contribution in [0.15, 0.2) is 42.5 Å². The van der Waals surface area contributed by atoms with Gasteiger partial charge in [-0.3, -0.25) is 15.4 Å². The number of nitrogens with one attached hydrogen (secondary N) is 2. The minimum absolute atomic E-state index is 0.0306. The number of phenols is 1. The molecule has 2 aromatic carbocycles. The van der Waals surface area contributed by atoms with E-state index in [0.717, 1.165) is 5.56 Å². The summed E-state index contributed by atoms with van der Waals surface area (Å²) >= 11 is 0. The molecule has 0 saturated heterocycles. The zero-order chi connectivity index (χ0) is 19.9. The summed E-state index contributed by atoms with van der Waals surface area (Å²) in [4.78, 5) is 0. The van der Waals surface area contributed by atoms with Crippen LogP contribution >= 0.6 is 0 Å². The molecule has 0 aliphatic rings. The number of nitrogen functional groups attached to an aromatic ring is 2. The third kappa shape index (κ3) is 7.60. The summed E-state index contributed by atoms with van der Waals surface area (Å²) in [6.07, 6.45) is 4.32. The van der Waals surface area contributed by atoms with Crippen molar-refractivity contribution in [2.24, 2.45) is 11.5 Å². The van der Waals surface area contributed by atoms with Crippen LogP contribution in [-0.4, -0.2) is 36.0 Å². The van der Waals surface area contributed by atoms with Gasteiger partial charge in [-0.05, 0) is 11.6 Å². The molecular formula is C17H20N4O4S. The first-order chi connectivity index (χ1) is 12.0. The Kier molecular flexibility index (Phi) is 7.06. The normalized spacial score (nSPS) is 10.8. The van der Waals surface area contributed by atoms with Crippen molar-refractivity contribution in [2.45, 2.75) is 0 Å². The zero-order valence-electron chi connectivity index (χ0n) is 14.0. The van der Waals surface area contributed by atoms with E-state index in [1.54, 1.807) is 30.3 Å². The number of phenolic OH excluding ortho intramolecular Hbond substituents is 1. The summed E-state index contributed by atoms with van der Waals surface area (Å²) in [5, 5.41) is 24.5. The Bertz CT molecular complexity index is 928. The molecule has 0 spiro atoms. The van der Waals surface area contributed by atoms with Gasteiger partial charge in [0.2, 0.25) is 0 Å². The van der Waals surface area contributed by atoms with E-state index in [9.17, 15) is 13.5 Å². The fourth-order valence-electron chi connectivity index (χ4n) is 1.81. The zero-order valence-corrected chi connectivity index (χ0v) is 14.8. The van der Waals surface area contributed by atoms with Crippen molar-refractivity contribution in [1.29, 1.82) is 10.8 Å². The average molecular weight is 376 g/mol. The molecule has 0 saturated carbocycles. The number of amidine groups is 2. The first-order valence-corrected chi connectivity index (χ1v) is 9.04. The van der Waals surface area contributed by atoms with Gasteiger partial charge in [0.15, 0.2) is 0 Å². The van der Waals surface area contributed by atoms with Crippen molar-refractivity contribution in [3.63, 3.8) is 0 Å². The van der Waals surface area contributed by atoms with E-state index >= 15 is 0 Å². The second kappa shape index (κ2) is 8.79. The van der Waals surface area contributed by atoms with Crippen molar-refractivity contribution < 1.29 is 18.1 Å². The van der Waals surface area contributed by atoms with Gasteiger partial charge in [0.05, 0.1) is 6.26 Å². The van der Waals surface area contributed by atoms with E-state index in [4.69, 9.17) is 26.8 Å². The molecule has 8 nitrogen and oxygen atoms in total. The Balaban J connectivity index is 0.000000597. The molecule has 9 heteroatoms. The molecule has 26 heavy (non-hydrogen) atoms. The Morgan fingerprint density at radius 2 is 1.42 bits per heavy atom. The molecule has 0 bridgehead atoms. The van der Waals surface area contributed by atoms with Gasteiger partial charge in [0.25, 0.3) is 10.1 Å². The summed E-state index contributed by atoms with van der Waals surface area (Å²) < 4.78 is 25.9. The van der Waals surface area contributed by atoms with E-state index in [0.29, 0.717) is 22.9 Å². The Labute approximate surface area is 151 Å². The Hall–Kier alpha value is -3.17. The maximum absolute atomic E-state index is 9.89. The largest absolute Gasteiger partial charge is 0.507 e. The lowest BCUT2D eigenvalue weighted by Gasteiger charge is -2.03. The SMILES string of the molecule is CS(=O)(=O)O.N=C(N)c1ccc(C=Cc2ccc(C(=N)N)cc2O)cc1. The minimum Gasteiger partial charge on any atom is -0.507 e. The minimum atomic E-state index is -3.67. The smallest absolute Gasteiger partial charge is 0.261 e. The van der Waals surface area contributed by atoms with Gasteiger partial charge in [-0.2, -0.15) is 8.42 Å². The van der Waals surface area contributed by atoms with Gasteiger partial charge < -0.3 is 16.6 Å². The van der Waals surface area contributed by atoms with E-state index in [1.807, 2.05) is 18.2 Å². The molecular weight excluding hydrogens is 356 g/mol. The molecule has 0 unspecified atom stereocenters. The van der Waals surface area contributed by atoms with Crippen LogP contribution in [0.1, 0.15) is 22.3 Å². The number of benzene rings is 2. The van der Waals surface area contributed by atoms with Crippen LogP contribution in [0.3, 0.4) is 0 Å². The maximum Gasteiger partial charge on any atom is 0.261 e. The molecule has 0 fully saturated rings. The van der Waals surface area contributed by atoms with Crippen molar-refractivity contribution in [2.75, 3.05) is 6.26 Å². The predicted octanol–water partition coefficient (Wildman–Crippen LogP) is 1.63.